The number of benzene rings is 1. The van der Waals surface area contributed by atoms with Crippen LogP contribution in [0.3, 0.4) is 0 Å². The number of nitrogens with one attached hydrogen (secondary N) is 1. The van der Waals surface area contributed by atoms with Crippen LogP contribution in [0.1, 0.15) is 12.8 Å². The van der Waals surface area contributed by atoms with Crippen molar-refractivity contribution in [3.63, 3.8) is 0 Å². The average molecular weight is 251 g/mol. The van der Waals surface area contributed by atoms with Crippen molar-refractivity contribution in [1.29, 1.82) is 0 Å². The summed E-state index contributed by atoms with van der Waals surface area (Å²) in [6.45, 7) is 0. The molecule has 0 spiro atoms. The number of rotatable bonds is 5. The number of hydrogen-bond acceptors (Lipinski definition) is 4. The zero-order valence-electron chi connectivity index (χ0n) is 10.8. The smallest absolute Gasteiger partial charge is 0.227 e. The first kappa shape index (κ1) is 12.5. The van der Waals surface area contributed by atoms with Gasteiger partial charge in [-0.1, -0.05) is 0 Å². The van der Waals surface area contributed by atoms with Crippen LogP contribution in [0.4, 0.5) is 5.69 Å². The zero-order valence-corrected chi connectivity index (χ0v) is 10.8. The predicted octanol–water partition coefficient (Wildman–Crippen LogP) is 2.06. The van der Waals surface area contributed by atoms with Crippen LogP contribution in [-0.4, -0.2) is 27.2 Å². The summed E-state index contributed by atoms with van der Waals surface area (Å²) < 4.78 is 15.7. The molecule has 0 aliphatic heterocycles. The minimum absolute atomic E-state index is 0.0456. The van der Waals surface area contributed by atoms with Gasteiger partial charge in [-0.05, 0) is 12.8 Å². The molecular formula is C13H17NO4. The van der Waals surface area contributed by atoms with Crippen LogP contribution >= 0.6 is 0 Å². The Hall–Kier alpha value is -1.91. The first-order valence-electron chi connectivity index (χ1n) is 5.80. The van der Waals surface area contributed by atoms with E-state index in [1.165, 1.54) is 0 Å². The lowest BCUT2D eigenvalue weighted by atomic mass is 10.2. The lowest BCUT2D eigenvalue weighted by Crippen LogP contribution is -2.13. The van der Waals surface area contributed by atoms with E-state index in [1.807, 2.05) is 0 Å². The summed E-state index contributed by atoms with van der Waals surface area (Å²) in [5.74, 6) is 1.78. The molecule has 1 fully saturated rings. The second-order valence-corrected chi connectivity index (χ2v) is 4.18. The van der Waals surface area contributed by atoms with Crippen molar-refractivity contribution in [2.45, 2.75) is 12.8 Å². The molecule has 1 aliphatic rings. The van der Waals surface area contributed by atoms with E-state index in [9.17, 15) is 4.79 Å². The standard InChI is InChI=1S/C13H17NO4/c1-16-10-6-9(14-13(15)8-4-5-8)7-11(17-2)12(10)18-3/h6-8H,4-5H2,1-3H3,(H,14,15). The lowest BCUT2D eigenvalue weighted by molar-refractivity contribution is -0.117. The highest BCUT2D eigenvalue weighted by Gasteiger charge is 2.30. The molecule has 0 bridgehead atoms. The van der Waals surface area contributed by atoms with Crippen molar-refractivity contribution in [2.24, 2.45) is 5.92 Å². The number of carbonyl (C=O) groups is 1. The van der Waals surface area contributed by atoms with Crippen LogP contribution in [-0.2, 0) is 4.79 Å². The molecule has 0 radical (unpaired) electrons. The Balaban J connectivity index is 2.27. The fourth-order valence-electron chi connectivity index (χ4n) is 1.74. The Bertz CT molecular complexity index is 429. The van der Waals surface area contributed by atoms with Crippen LogP contribution in [0.25, 0.3) is 0 Å². The third kappa shape index (κ3) is 2.50. The molecule has 2 rings (SSSR count). The highest BCUT2D eigenvalue weighted by atomic mass is 16.5. The number of amides is 1. The van der Waals surface area contributed by atoms with Crippen LogP contribution in [0, 0.1) is 5.92 Å². The molecule has 5 nitrogen and oxygen atoms in total. The molecule has 1 N–H and O–H groups in total. The van der Waals surface area contributed by atoms with Gasteiger partial charge in [0, 0.05) is 23.7 Å². The van der Waals surface area contributed by atoms with Crippen LogP contribution in [0.2, 0.25) is 0 Å². The van der Waals surface area contributed by atoms with Crippen LogP contribution in [0.15, 0.2) is 12.1 Å². The average Bonchev–Trinajstić information content (AvgIpc) is 3.21. The molecule has 0 atom stereocenters. The van der Waals surface area contributed by atoms with Crippen LogP contribution in [0.5, 0.6) is 17.2 Å². The highest BCUT2D eigenvalue weighted by Crippen LogP contribution is 2.40. The first-order valence-corrected chi connectivity index (χ1v) is 5.80. The van der Waals surface area contributed by atoms with Gasteiger partial charge in [-0.25, -0.2) is 0 Å². The molecule has 18 heavy (non-hydrogen) atoms. The topological polar surface area (TPSA) is 56.8 Å². The molecule has 0 unspecified atom stereocenters. The van der Waals surface area contributed by atoms with E-state index in [0.29, 0.717) is 22.9 Å². The molecule has 0 saturated heterocycles. The largest absolute Gasteiger partial charge is 0.493 e. The van der Waals surface area contributed by atoms with Gasteiger partial charge in [0.05, 0.1) is 21.3 Å². The molecule has 0 heterocycles. The molecule has 0 aromatic heterocycles. The second kappa shape index (κ2) is 5.16. The summed E-state index contributed by atoms with van der Waals surface area (Å²) in [6, 6.07) is 3.45. The van der Waals surface area contributed by atoms with E-state index >= 15 is 0 Å². The maximum atomic E-state index is 11.7. The van der Waals surface area contributed by atoms with Gasteiger partial charge in [0.15, 0.2) is 11.5 Å². The quantitative estimate of drug-likeness (QED) is 0.870. The number of ether oxygens (including phenoxy) is 3. The summed E-state index contributed by atoms with van der Waals surface area (Å²) in [7, 11) is 4.64. The number of anilines is 1. The zero-order chi connectivity index (χ0) is 13.1. The molecular weight excluding hydrogens is 234 g/mol. The van der Waals surface area contributed by atoms with E-state index in [0.717, 1.165) is 12.8 Å². The van der Waals surface area contributed by atoms with E-state index < -0.39 is 0 Å². The third-order valence-electron chi connectivity index (χ3n) is 2.88. The summed E-state index contributed by atoms with van der Waals surface area (Å²) in [6.07, 6.45) is 1.94. The lowest BCUT2D eigenvalue weighted by Gasteiger charge is -2.14. The maximum absolute atomic E-state index is 11.7. The van der Waals surface area contributed by atoms with E-state index in [4.69, 9.17) is 14.2 Å². The third-order valence-corrected chi connectivity index (χ3v) is 2.88. The molecule has 1 saturated carbocycles. The van der Waals surface area contributed by atoms with Crippen molar-refractivity contribution >= 4 is 11.6 Å². The molecule has 98 valence electrons. The Labute approximate surface area is 106 Å². The van der Waals surface area contributed by atoms with Gasteiger partial charge < -0.3 is 19.5 Å². The fourth-order valence-corrected chi connectivity index (χ4v) is 1.74. The monoisotopic (exact) mass is 251 g/mol. The van der Waals surface area contributed by atoms with E-state index in [-0.39, 0.29) is 11.8 Å². The van der Waals surface area contributed by atoms with Gasteiger partial charge in [0.1, 0.15) is 0 Å². The molecule has 5 heteroatoms. The molecule has 1 aromatic rings. The Morgan fingerprint density at radius 2 is 1.67 bits per heavy atom. The number of methoxy groups -OCH3 is 3. The van der Waals surface area contributed by atoms with Crippen molar-refractivity contribution in [1.82, 2.24) is 0 Å². The van der Waals surface area contributed by atoms with Gasteiger partial charge in [-0.15, -0.1) is 0 Å². The SMILES string of the molecule is COc1cc(NC(=O)C2CC2)cc(OC)c1OC. The number of hydrogen-bond donors (Lipinski definition) is 1. The first-order chi connectivity index (χ1) is 8.69. The maximum Gasteiger partial charge on any atom is 0.227 e. The summed E-state index contributed by atoms with van der Waals surface area (Å²) >= 11 is 0. The van der Waals surface area contributed by atoms with Crippen molar-refractivity contribution in [3.8, 4) is 17.2 Å². The fraction of sp³-hybridized carbons (Fsp3) is 0.462. The summed E-state index contributed by atoms with van der Waals surface area (Å²) in [5, 5.41) is 2.85. The second-order valence-electron chi connectivity index (χ2n) is 4.18. The molecule has 1 aliphatic carbocycles. The van der Waals surface area contributed by atoms with Gasteiger partial charge >= 0.3 is 0 Å². The molecule has 1 amide bonds. The highest BCUT2D eigenvalue weighted by molar-refractivity contribution is 5.94. The van der Waals surface area contributed by atoms with E-state index in [2.05, 4.69) is 5.32 Å². The number of carbonyl (C=O) groups excluding carboxylic acids is 1. The minimum Gasteiger partial charge on any atom is -0.493 e. The Morgan fingerprint density at radius 1 is 1.11 bits per heavy atom. The van der Waals surface area contributed by atoms with Crippen molar-refractivity contribution in [3.05, 3.63) is 12.1 Å². The summed E-state index contributed by atoms with van der Waals surface area (Å²) in [5.41, 5.74) is 0.654. The van der Waals surface area contributed by atoms with Crippen molar-refractivity contribution in [2.75, 3.05) is 26.6 Å². The van der Waals surface area contributed by atoms with Gasteiger partial charge in [0.25, 0.3) is 0 Å². The summed E-state index contributed by atoms with van der Waals surface area (Å²) in [4.78, 5) is 11.7. The predicted molar refractivity (Wildman–Crippen MR) is 67.5 cm³/mol. The van der Waals surface area contributed by atoms with Crippen molar-refractivity contribution < 1.29 is 19.0 Å². The van der Waals surface area contributed by atoms with Gasteiger partial charge in [-0.2, -0.15) is 0 Å². The Morgan fingerprint density at radius 3 is 2.06 bits per heavy atom. The van der Waals surface area contributed by atoms with E-state index in [1.54, 1.807) is 33.5 Å². The van der Waals surface area contributed by atoms with Gasteiger partial charge in [-0.3, -0.25) is 4.79 Å². The minimum atomic E-state index is 0.0456. The molecule has 1 aromatic carbocycles. The van der Waals surface area contributed by atoms with Gasteiger partial charge in [0.2, 0.25) is 11.7 Å². The Kier molecular flexibility index (Phi) is 3.60. The van der Waals surface area contributed by atoms with Crippen LogP contribution < -0.4 is 19.5 Å². The normalized spacial score (nSPS) is 13.9.